The van der Waals surface area contributed by atoms with Crippen molar-refractivity contribution in [1.29, 1.82) is 0 Å². The Labute approximate surface area is 149 Å². The van der Waals surface area contributed by atoms with E-state index in [1.165, 1.54) is 44.9 Å². The number of rotatable bonds is 11. The fourth-order valence-electron chi connectivity index (χ4n) is 3.80. The van der Waals surface area contributed by atoms with Gasteiger partial charge in [-0.25, -0.2) is 4.79 Å². The van der Waals surface area contributed by atoms with E-state index in [1.807, 2.05) is 0 Å². The smallest absolute Gasteiger partial charge is 0.434 e. The first-order valence-corrected chi connectivity index (χ1v) is 10.4. The number of carbonyl (C=O) groups excluding carboxylic acids is 1. The van der Waals surface area contributed by atoms with Crippen LogP contribution in [-0.4, -0.2) is 18.9 Å². The van der Waals surface area contributed by atoms with Gasteiger partial charge in [-0.2, -0.15) is 0 Å². The monoisotopic (exact) mass is 340 g/mol. The predicted molar refractivity (Wildman–Crippen MR) is 100 cm³/mol. The standard InChI is InChI=1S/C21H40O3/c1-5-6-7-8-9-10-11-12-15-23-21(22)24-20-16-18(4)13-14-19(20)17(2)3/h17-20H,5-16H2,1-4H3. The van der Waals surface area contributed by atoms with Gasteiger partial charge in [-0.1, -0.05) is 79.1 Å². The lowest BCUT2D eigenvalue weighted by Gasteiger charge is -2.36. The second-order valence-electron chi connectivity index (χ2n) is 8.06. The van der Waals surface area contributed by atoms with Crippen molar-refractivity contribution >= 4 is 6.16 Å². The molecule has 0 aromatic heterocycles. The van der Waals surface area contributed by atoms with Crippen LogP contribution in [0.15, 0.2) is 0 Å². The van der Waals surface area contributed by atoms with Gasteiger partial charge in [0.05, 0.1) is 6.61 Å². The van der Waals surface area contributed by atoms with E-state index in [0.717, 1.165) is 25.7 Å². The molecule has 0 aromatic rings. The summed E-state index contributed by atoms with van der Waals surface area (Å²) in [6, 6.07) is 0. The van der Waals surface area contributed by atoms with E-state index in [4.69, 9.17) is 9.47 Å². The number of carbonyl (C=O) groups is 1. The van der Waals surface area contributed by atoms with Crippen LogP contribution < -0.4 is 0 Å². The minimum atomic E-state index is -0.456. The molecule has 1 saturated carbocycles. The quantitative estimate of drug-likeness (QED) is 0.308. The first-order chi connectivity index (χ1) is 11.5. The van der Waals surface area contributed by atoms with E-state index in [1.54, 1.807) is 0 Å². The highest BCUT2D eigenvalue weighted by atomic mass is 16.7. The summed E-state index contributed by atoms with van der Waals surface area (Å²) in [4.78, 5) is 11.9. The predicted octanol–water partition coefficient (Wildman–Crippen LogP) is 6.74. The molecule has 3 nitrogen and oxygen atoms in total. The molecule has 0 aliphatic heterocycles. The summed E-state index contributed by atoms with van der Waals surface area (Å²) in [7, 11) is 0. The van der Waals surface area contributed by atoms with E-state index in [2.05, 4.69) is 27.7 Å². The van der Waals surface area contributed by atoms with Crippen molar-refractivity contribution in [2.45, 2.75) is 104 Å². The van der Waals surface area contributed by atoms with Gasteiger partial charge in [0.25, 0.3) is 0 Å². The summed E-state index contributed by atoms with van der Waals surface area (Å²) in [5.41, 5.74) is 0. The maximum atomic E-state index is 11.9. The molecular weight excluding hydrogens is 300 g/mol. The second kappa shape index (κ2) is 12.6. The Hall–Kier alpha value is -0.730. The van der Waals surface area contributed by atoms with E-state index >= 15 is 0 Å². The molecule has 3 unspecified atom stereocenters. The van der Waals surface area contributed by atoms with Gasteiger partial charge in [0.1, 0.15) is 6.10 Å². The summed E-state index contributed by atoms with van der Waals surface area (Å²) < 4.78 is 10.9. The van der Waals surface area contributed by atoms with Crippen LogP contribution in [0.2, 0.25) is 0 Å². The normalized spacial score (nSPS) is 24.1. The van der Waals surface area contributed by atoms with Crippen LogP contribution in [0, 0.1) is 17.8 Å². The van der Waals surface area contributed by atoms with E-state index in [0.29, 0.717) is 24.4 Å². The van der Waals surface area contributed by atoms with Gasteiger partial charge < -0.3 is 9.47 Å². The lowest BCUT2D eigenvalue weighted by molar-refractivity contribution is -0.0321. The maximum Gasteiger partial charge on any atom is 0.508 e. The zero-order valence-corrected chi connectivity index (χ0v) is 16.5. The van der Waals surface area contributed by atoms with Crippen molar-refractivity contribution < 1.29 is 14.3 Å². The Morgan fingerprint density at radius 1 is 1.00 bits per heavy atom. The summed E-state index contributed by atoms with van der Waals surface area (Å²) in [5.74, 6) is 1.69. The number of hydrogen-bond donors (Lipinski definition) is 0. The molecule has 142 valence electrons. The van der Waals surface area contributed by atoms with Gasteiger partial charge in [-0.05, 0) is 37.0 Å². The highest BCUT2D eigenvalue weighted by Gasteiger charge is 2.33. The molecule has 1 aliphatic carbocycles. The first-order valence-electron chi connectivity index (χ1n) is 10.4. The zero-order chi connectivity index (χ0) is 17.8. The fraction of sp³-hybridized carbons (Fsp3) is 0.952. The fourth-order valence-corrected chi connectivity index (χ4v) is 3.80. The Balaban J connectivity index is 2.10. The Morgan fingerprint density at radius 2 is 1.62 bits per heavy atom. The summed E-state index contributed by atoms with van der Waals surface area (Å²) >= 11 is 0. The molecule has 3 atom stereocenters. The Bertz CT molecular complexity index is 327. The van der Waals surface area contributed by atoms with Gasteiger partial charge in [-0.15, -0.1) is 0 Å². The van der Waals surface area contributed by atoms with Crippen molar-refractivity contribution in [2.75, 3.05) is 6.61 Å². The van der Waals surface area contributed by atoms with Gasteiger partial charge in [-0.3, -0.25) is 0 Å². The van der Waals surface area contributed by atoms with Crippen LogP contribution >= 0.6 is 0 Å². The van der Waals surface area contributed by atoms with Crippen molar-refractivity contribution in [3.05, 3.63) is 0 Å². The summed E-state index contributed by atoms with van der Waals surface area (Å²) in [6.45, 7) is 9.45. The molecular formula is C21H40O3. The van der Waals surface area contributed by atoms with Gasteiger partial charge in [0.2, 0.25) is 0 Å². The van der Waals surface area contributed by atoms with Gasteiger partial charge in [0, 0.05) is 0 Å². The first kappa shape index (κ1) is 21.3. The molecule has 3 heteroatoms. The molecule has 0 aromatic carbocycles. The van der Waals surface area contributed by atoms with Crippen LogP contribution in [0.1, 0.15) is 98.3 Å². The van der Waals surface area contributed by atoms with Gasteiger partial charge in [0.15, 0.2) is 0 Å². The molecule has 1 fully saturated rings. The summed E-state index contributed by atoms with van der Waals surface area (Å²) in [6.07, 6.45) is 13.0. The summed E-state index contributed by atoms with van der Waals surface area (Å²) in [5, 5.41) is 0. The minimum Gasteiger partial charge on any atom is -0.434 e. The average Bonchev–Trinajstić information content (AvgIpc) is 2.53. The molecule has 0 N–H and O–H groups in total. The third kappa shape index (κ3) is 8.94. The third-order valence-corrected chi connectivity index (χ3v) is 5.43. The topological polar surface area (TPSA) is 35.5 Å². The van der Waals surface area contributed by atoms with E-state index in [-0.39, 0.29) is 6.10 Å². The Morgan fingerprint density at radius 3 is 2.25 bits per heavy atom. The number of ether oxygens (including phenoxy) is 2. The van der Waals surface area contributed by atoms with E-state index in [9.17, 15) is 4.79 Å². The highest BCUT2D eigenvalue weighted by molar-refractivity contribution is 5.60. The van der Waals surface area contributed by atoms with Crippen molar-refractivity contribution in [2.24, 2.45) is 17.8 Å². The third-order valence-electron chi connectivity index (χ3n) is 5.43. The van der Waals surface area contributed by atoms with Crippen LogP contribution in [0.5, 0.6) is 0 Å². The van der Waals surface area contributed by atoms with Crippen LogP contribution in [0.4, 0.5) is 4.79 Å². The lowest BCUT2D eigenvalue weighted by atomic mass is 9.75. The van der Waals surface area contributed by atoms with Crippen LogP contribution in [-0.2, 0) is 9.47 Å². The average molecular weight is 341 g/mol. The number of unbranched alkanes of at least 4 members (excludes halogenated alkanes) is 7. The molecule has 1 rings (SSSR count). The van der Waals surface area contributed by atoms with Crippen LogP contribution in [0.25, 0.3) is 0 Å². The molecule has 0 amide bonds. The van der Waals surface area contributed by atoms with Crippen molar-refractivity contribution in [3.8, 4) is 0 Å². The second-order valence-corrected chi connectivity index (χ2v) is 8.06. The maximum absolute atomic E-state index is 11.9. The molecule has 0 bridgehead atoms. The molecule has 0 heterocycles. The Kier molecular flexibility index (Phi) is 11.2. The number of hydrogen-bond acceptors (Lipinski definition) is 3. The van der Waals surface area contributed by atoms with Gasteiger partial charge >= 0.3 is 6.16 Å². The molecule has 0 saturated heterocycles. The molecule has 0 spiro atoms. The molecule has 0 radical (unpaired) electrons. The molecule has 1 aliphatic rings. The van der Waals surface area contributed by atoms with E-state index < -0.39 is 6.16 Å². The minimum absolute atomic E-state index is 0.0415. The van der Waals surface area contributed by atoms with Crippen LogP contribution in [0.3, 0.4) is 0 Å². The SMILES string of the molecule is CCCCCCCCCCOC(=O)OC1CC(C)CCC1C(C)C. The zero-order valence-electron chi connectivity index (χ0n) is 16.5. The largest absolute Gasteiger partial charge is 0.508 e. The molecule has 24 heavy (non-hydrogen) atoms. The highest BCUT2D eigenvalue weighted by Crippen LogP contribution is 2.35. The van der Waals surface area contributed by atoms with Crippen molar-refractivity contribution in [3.63, 3.8) is 0 Å². The van der Waals surface area contributed by atoms with Crippen molar-refractivity contribution in [1.82, 2.24) is 0 Å². The lowest BCUT2D eigenvalue weighted by Crippen LogP contribution is -2.36.